The van der Waals surface area contributed by atoms with E-state index < -0.39 is 0 Å². The van der Waals surface area contributed by atoms with Crippen LogP contribution in [0.4, 0.5) is 0 Å². The fraction of sp³-hybridized carbons (Fsp3) is 0.308. The van der Waals surface area contributed by atoms with Crippen molar-refractivity contribution in [3.8, 4) is 0 Å². The number of nitrogens with zero attached hydrogens (tertiary/aromatic N) is 1. The van der Waals surface area contributed by atoms with Gasteiger partial charge in [-0.25, -0.2) is 0 Å². The lowest BCUT2D eigenvalue weighted by molar-refractivity contribution is 0.553. The van der Waals surface area contributed by atoms with Crippen molar-refractivity contribution in [2.24, 2.45) is 0 Å². The van der Waals surface area contributed by atoms with Crippen molar-refractivity contribution in [3.05, 3.63) is 41.9 Å². The number of pyridine rings is 1. The second-order valence-electron chi connectivity index (χ2n) is 3.95. The highest BCUT2D eigenvalue weighted by atomic mass is 32.1. The molecule has 1 unspecified atom stereocenters. The van der Waals surface area contributed by atoms with Crippen molar-refractivity contribution in [2.75, 3.05) is 0 Å². The van der Waals surface area contributed by atoms with Crippen LogP contribution in [-0.4, -0.2) is 11.0 Å². The lowest BCUT2D eigenvalue weighted by Gasteiger charge is -2.11. The zero-order valence-corrected chi connectivity index (χ0v) is 10.3. The molecule has 0 aliphatic heterocycles. The molecule has 84 valence electrons. The molecular weight excluding hydrogens is 216 g/mol. The van der Waals surface area contributed by atoms with Gasteiger partial charge in [0.05, 0.1) is 10.2 Å². The van der Waals surface area contributed by atoms with Gasteiger partial charge >= 0.3 is 0 Å². The SMILES string of the molecule is C=CCC(C)NCc1cnc2ccsc2c1. The fourth-order valence-electron chi connectivity index (χ4n) is 1.61. The quantitative estimate of drug-likeness (QED) is 0.800. The molecule has 0 bridgehead atoms. The third-order valence-electron chi connectivity index (χ3n) is 2.53. The molecule has 0 saturated heterocycles. The van der Waals surface area contributed by atoms with Gasteiger partial charge in [-0.1, -0.05) is 6.08 Å². The smallest absolute Gasteiger partial charge is 0.0809 e. The maximum Gasteiger partial charge on any atom is 0.0809 e. The fourth-order valence-corrected chi connectivity index (χ4v) is 2.41. The molecule has 0 aromatic carbocycles. The summed E-state index contributed by atoms with van der Waals surface area (Å²) < 4.78 is 1.26. The van der Waals surface area contributed by atoms with Gasteiger partial charge in [0.2, 0.25) is 0 Å². The number of nitrogens with one attached hydrogen (secondary N) is 1. The van der Waals surface area contributed by atoms with Gasteiger partial charge in [0.25, 0.3) is 0 Å². The molecule has 2 aromatic heterocycles. The highest BCUT2D eigenvalue weighted by molar-refractivity contribution is 7.17. The maximum absolute atomic E-state index is 4.42. The summed E-state index contributed by atoms with van der Waals surface area (Å²) in [5.74, 6) is 0. The Hall–Kier alpha value is -1.19. The summed E-state index contributed by atoms with van der Waals surface area (Å²) in [6.07, 6.45) is 4.88. The van der Waals surface area contributed by atoms with E-state index in [1.54, 1.807) is 11.3 Å². The number of hydrogen-bond donors (Lipinski definition) is 1. The minimum atomic E-state index is 0.469. The first-order valence-corrected chi connectivity index (χ1v) is 6.34. The van der Waals surface area contributed by atoms with Gasteiger partial charge in [0.15, 0.2) is 0 Å². The molecule has 0 fully saturated rings. The topological polar surface area (TPSA) is 24.9 Å². The summed E-state index contributed by atoms with van der Waals surface area (Å²) in [5.41, 5.74) is 2.33. The van der Waals surface area contributed by atoms with Crippen molar-refractivity contribution in [1.82, 2.24) is 10.3 Å². The monoisotopic (exact) mass is 232 g/mol. The Labute approximate surface area is 100 Å². The van der Waals surface area contributed by atoms with Crippen LogP contribution in [0.2, 0.25) is 0 Å². The zero-order valence-electron chi connectivity index (χ0n) is 9.44. The Morgan fingerprint density at radius 1 is 1.62 bits per heavy atom. The van der Waals surface area contributed by atoms with Crippen LogP contribution in [0.15, 0.2) is 36.4 Å². The van der Waals surface area contributed by atoms with E-state index >= 15 is 0 Å². The van der Waals surface area contributed by atoms with E-state index in [1.807, 2.05) is 12.3 Å². The molecule has 0 aliphatic rings. The summed E-state index contributed by atoms with van der Waals surface area (Å²) in [6.45, 7) is 6.78. The van der Waals surface area contributed by atoms with E-state index in [1.165, 1.54) is 10.3 Å². The Morgan fingerprint density at radius 2 is 2.50 bits per heavy atom. The molecule has 2 aromatic rings. The van der Waals surface area contributed by atoms with Crippen molar-refractivity contribution < 1.29 is 0 Å². The largest absolute Gasteiger partial charge is 0.310 e. The van der Waals surface area contributed by atoms with Gasteiger partial charge < -0.3 is 5.32 Å². The highest BCUT2D eigenvalue weighted by Gasteiger charge is 2.01. The van der Waals surface area contributed by atoms with Crippen LogP contribution in [0.25, 0.3) is 10.2 Å². The molecule has 2 rings (SSSR count). The van der Waals surface area contributed by atoms with Crippen LogP contribution in [0.3, 0.4) is 0 Å². The first kappa shape index (κ1) is 11.3. The molecule has 0 spiro atoms. The van der Waals surface area contributed by atoms with Crippen LogP contribution in [-0.2, 0) is 6.54 Å². The molecule has 1 N–H and O–H groups in total. The Kier molecular flexibility index (Phi) is 3.70. The average Bonchev–Trinajstić information content (AvgIpc) is 2.74. The maximum atomic E-state index is 4.42. The summed E-state index contributed by atoms with van der Waals surface area (Å²) in [7, 11) is 0. The van der Waals surface area contributed by atoms with E-state index in [4.69, 9.17) is 0 Å². The number of rotatable bonds is 5. The molecule has 0 saturated carbocycles. The predicted molar refractivity (Wildman–Crippen MR) is 70.7 cm³/mol. The second-order valence-corrected chi connectivity index (χ2v) is 4.90. The van der Waals surface area contributed by atoms with Crippen molar-refractivity contribution in [2.45, 2.75) is 25.9 Å². The third-order valence-corrected chi connectivity index (χ3v) is 3.39. The van der Waals surface area contributed by atoms with E-state index in [-0.39, 0.29) is 0 Å². The van der Waals surface area contributed by atoms with Crippen molar-refractivity contribution in [1.29, 1.82) is 0 Å². The van der Waals surface area contributed by atoms with Crippen LogP contribution < -0.4 is 5.32 Å². The van der Waals surface area contributed by atoms with E-state index in [0.717, 1.165) is 18.5 Å². The van der Waals surface area contributed by atoms with Gasteiger partial charge in [0.1, 0.15) is 0 Å². The lowest BCUT2D eigenvalue weighted by atomic mass is 10.2. The van der Waals surface area contributed by atoms with Gasteiger partial charge in [-0.05, 0) is 36.4 Å². The molecule has 0 aliphatic carbocycles. The summed E-state index contributed by atoms with van der Waals surface area (Å²) in [4.78, 5) is 4.42. The molecule has 16 heavy (non-hydrogen) atoms. The minimum absolute atomic E-state index is 0.469. The first-order valence-electron chi connectivity index (χ1n) is 5.46. The van der Waals surface area contributed by atoms with Crippen LogP contribution in [0, 0.1) is 0 Å². The zero-order chi connectivity index (χ0) is 11.4. The van der Waals surface area contributed by atoms with Crippen LogP contribution in [0.1, 0.15) is 18.9 Å². The molecular formula is C13H16N2S. The number of thiophene rings is 1. The van der Waals surface area contributed by atoms with Crippen LogP contribution >= 0.6 is 11.3 Å². The molecule has 1 atom stereocenters. The molecule has 2 nitrogen and oxygen atoms in total. The predicted octanol–water partition coefficient (Wildman–Crippen LogP) is 3.35. The highest BCUT2D eigenvalue weighted by Crippen LogP contribution is 2.19. The minimum Gasteiger partial charge on any atom is -0.310 e. The lowest BCUT2D eigenvalue weighted by Crippen LogP contribution is -2.24. The average molecular weight is 232 g/mol. The number of fused-ring (bicyclic) bond motifs is 1. The molecule has 2 heterocycles. The van der Waals surface area contributed by atoms with Gasteiger partial charge in [0, 0.05) is 18.8 Å². The van der Waals surface area contributed by atoms with Gasteiger partial charge in [-0.15, -0.1) is 17.9 Å². The molecule has 3 heteroatoms. The summed E-state index contributed by atoms with van der Waals surface area (Å²) in [6, 6.07) is 4.73. The van der Waals surface area contributed by atoms with E-state index in [9.17, 15) is 0 Å². The van der Waals surface area contributed by atoms with E-state index in [0.29, 0.717) is 6.04 Å². The Balaban J connectivity index is 2.01. The number of aromatic nitrogens is 1. The summed E-state index contributed by atoms with van der Waals surface area (Å²) in [5, 5.41) is 5.53. The Bertz CT molecular complexity index is 475. The molecule has 0 amide bonds. The van der Waals surface area contributed by atoms with Crippen LogP contribution in [0.5, 0.6) is 0 Å². The van der Waals surface area contributed by atoms with Crippen molar-refractivity contribution >= 4 is 21.6 Å². The van der Waals surface area contributed by atoms with E-state index in [2.05, 4.69) is 41.3 Å². The van der Waals surface area contributed by atoms with Gasteiger partial charge in [-0.3, -0.25) is 4.98 Å². The van der Waals surface area contributed by atoms with Gasteiger partial charge in [-0.2, -0.15) is 0 Å². The second kappa shape index (κ2) is 5.23. The first-order chi connectivity index (χ1) is 7.79. The van der Waals surface area contributed by atoms with Crippen molar-refractivity contribution in [3.63, 3.8) is 0 Å². The number of hydrogen-bond acceptors (Lipinski definition) is 3. The normalized spacial score (nSPS) is 12.8. The molecule has 0 radical (unpaired) electrons. The standard InChI is InChI=1S/C13H16N2S/c1-3-4-10(2)14-8-11-7-13-12(15-9-11)5-6-16-13/h3,5-7,9-10,14H,1,4,8H2,2H3. The summed E-state index contributed by atoms with van der Waals surface area (Å²) >= 11 is 1.74. The third kappa shape index (κ3) is 2.68. The Morgan fingerprint density at radius 3 is 3.31 bits per heavy atom.